The minimum absolute atomic E-state index is 0.0675. The van der Waals surface area contributed by atoms with E-state index in [2.05, 4.69) is 11.8 Å². The van der Waals surface area contributed by atoms with Gasteiger partial charge in [-0.3, -0.25) is 4.79 Å². The molecule has 0 aliphatic heterocycles. The van der Waals surface area contributed by atoms with Gasteiger partial charge in [0.1, 0.15) is 0 Å². The van der Waals surface area contributed by atoms with Crippen molar-refractivity contribution in [3.63, 3.8) is 0 Å². The number of amides is 1. The van der Waals surface area contributed by atoms with Crippen LogP contribution in [0.2, 0.25) is 0 Å². The Morgan fingerprint density at radius 1 is 1.38 bits per heavy atom. The Labute approximate surface area is 98.4 Å². The molecule has 1 unspecified atom stereocenters. The number of hydrogen-bond donors (Lipinski definition) is 1. The summed E-state index contributed by atoms with van der Waals surface area (Å²) in [5.74, 6) is 1.10. The average molecular weight is 224 g/mol. The number of nitrogens with zero attached hydrogens (tertiary/aromatic N) is 1. The Bertz CT molecular complexity index is 246. The smallest absolute Gasteiger partial charge is 0.224 e. The molecule has 1 amide bonds. The van der Waals surface area contributed by atoms with Crippen molar-refractivity contribution in [1.82, 2.24) is 4.90 Å². The summed E-state index contributed by atoms with van der Waals surface area (Å²) in [6.07, 6.45) is 7.64. The van der Waals surface area contributed by atoms with E-state index in [4.69, 9.17) is 5.73 Å². The van der Waals surface area contributed by atoms with Crippen LogP contribution in [0.1, 0.15) is 51.9 Å². The second kappa shape index (κ2) is 5.17. The second-order valence-corrected chi connectivity index (χ2v) is 5.47. The summed E-state index contributed by atoms with van der Waals surface area (Å²) < 4.78 is 0. The third-order valence-corrected chi connectivity index (χ3v) is 3.56. The van der Waals surface area contributed by atoms with Crippen molar-refractivity contribution in [3.8, 4) is 0 Å². The van der Waals surface area contributed by atoms with Gasteiger partial charge in [-0.05, 0) is 38.0 Å². The average Bonchev–Trinajstić information content (AvgIpc) is 3.08. The maximum Gasteiger partial charge on any atom is 0.224 e. The zero-order valence-electron chi connectivity index (χ0n) is 10.3. The Hall–Kier alpha value is -0.570. The van der Waals surface area contributed by atoms with Gasteiger partial charge in [-0.15, -0.1) is 0 Å². The Morgan fingerprint density at radius 3 is 2.56 bits per heavy atom. The van der Waals surface area contributed by atoms with E-state index in [1.54, 1.807) is 0 Å². The van der Waals surface area contributed by atoms with Crippen molar-refractivity contribution in [3.05, 3.63) is 0 Å². The molecule has 0 bridgehead atoms. The van der Waals surface area contributed by atoms with Crippen LogP contribution < -0.4 is 5.73 Å². The molecular formula is C13H24N2O. The first kappa shape index (κ1) is 11.9. The van der Waals surface area contributed by atoms with Crippen LogP contribution in [0.5, 0.6) is 0 Å². The summed E-state index contributed by atoms with van der Waals surface area (Å²) in [4.78, 5) is 14.2. The maximum atomic E-state index is 12.1. The highest BCUT2D eigenvalue weighted by molar-refractivity contribution is 5.77. The zero-order valence-corrected chi connectivity index (χ0v) is 10.3. The van der Waals surface area contributed by atoms with E-state index < -0.39 is 0 Å². The number of carbonyl (C=O) groups is 1. The fourth-order valence-electron chi connectivity index (χ4n) is 2.23. The van der Waals surface area contributed by atoms with Crippen LogP contribution in [0, 0.1) is 5.92 Å². The number of rotatable bonds is 7. The molecule has 0 radical (unpaired) electrons. The highest BCUT2D eigenvalue weighted by atomic mass is 16.2. The van der Waals surface area contributed by atoms with Crippen LogP contribution in [0.15, 0.2) is 0 Å². The second-order valence-electron chi connectivity index (χ2n) is 5.47. The van der Waals surface area contributed by atoms with Gasteiger partial charge in [0.2, 0.25) is 5.91 Å². The molecule has 2 aliphatic rings. The first-order valence-corrected chi connectivity index (χ1v) is 6.75. The molecule has 2 rings (SSSR count). The molecule has 0 aromatic rings. The van der Waals surface area contributed by atoms with Gasteiger partial charge >= 0.3 is 0 Å². The predicted octanol–water partition coefficient (Wildman–Crippen LogP) is 1.90. The molecule has 0 saturated heterocycles. The third-order valence-electron chi connectivity index (χ3n) is 3.56. The largest absolute Gasteiger partial charge is 0.339 e. The van der Waals surface area contributed by atoms with E-state index >= 15 is 0 Å². The Balaban J connectivity index is 1.78. The van der Waals surface area contributed by atoms with Gasteiger partial charge in [0.05, 0.1) is 0 Å². The van der Waals surface area contributed by atoms with Gasteiger partial charge in [-0.1, -0.05) is 13.3 Å². The summed E-state index contributed by atoms with van der Waals surface area (Å²) in [6.45, 7) is 3.12. The molecule has 0 aromatic heterocycles. The number of carbonyl (C=O) groups excluding carboxylic acids is 1. The Kier molecular flexibility index (Phi) is 3.85. The van der Waals surface area contributed by atoms with Gasteiger partial charge in [-0.2, -0.15) is 0 Å². The standard InChI is InChI=1S/C13H24N2O/c1-2-3-11(14)8-13(16)15(12-6-7-12)9-10-4-5-10/h10-12H,2-9,14H2,1H3. The lowest BCUT2D eigenvalue weighted by atomic mass is 10.1. The molecule has 1 atom stereocenters. The molecule has 2 fully saturated rings. The highest BCUT2D eigenvalue weighted by Gasteiger charge is 2.36. The third kappa shape index (κ3) is 3.48. The van der Waals surface area contributed by atoms with Crippen molar-refractivity contribution in [2.75, 3.05) is 6.54 Å². The van der Waals surface area contributed by atoms with Gasteiger partial charge in [0.25, 0.3) is 0 Å². The molecule has 2 N–H and O–H groups in total. The molecule has 3 heteroatoms. The van der Waals surface area contributed by atoms with E-state index in [0.29, 0.717) is 18.4 Å². The van der Waals surface area contributed by atoms with Gasteiger partial charge in [0.15, 0.2) is 0 Å². The van der Waals surface area contributed by atoms with Crippen LogP contribution in [-0.4, -0.2) is 29.4 Å². The topological polar surface area (TPSA) is 46.3 Å². The predicted molar refractivity (Wildman–Crippen MR) is 65.0 cm³/mol. The zero-order chi connectivity index (χ0) is 11.5. The van der Waals surface area contributed by atoms with Crippen molar-refractivity contribution in [2.24, 2.45) is 11.7 Å². The first-order chi connectivity index (χ1) is 7.70. The van der Waals surface area contributed by atoms with Crippen LogP contribution >= 0.6 is 0 Å². The number of hydrogen-bond acceptors (Lipinski definition) is 2. The summed E-state index contributed by atoms with van der Waals surface area (Å²) in [7, 11) is 0. The van der Waals surface area contributed by atoms with E-state index in [9.17, 15) is 4.79 Å². The molecule has 0 heterocycles. The maximum absolute atomic E-state index is 12.1. The van der Waals surface area contributed by atoms with Crippen molar-refractivity contribution < 1.29 is 4.79 Å². The van der Waals surface area contributed by atoms with Gasteiger partial charge in [0, 0.05) is 25.0 Å². The lowest BCUT2D eigenvalue weighted by Crippen LogP contribution is -2.38. The van der Waals surface area contributed by atoms with E-state index in [-0.39, 0.29) is 6.04 Å². The molecule has 0 spiro atoms. The molecule has 3 nitrogen and oxygen atoms in total. The molecule has 2 saturated carbocycles. The monoisotopic (exact) mass is 224 g/mol. The molecule has 16 heavy (non-hydrogen) atoms. The van der Waals surface area contributed by atoms with Crippen molar-refractivity contribution >= 4 is 5.91 Å². The highest BCUT2D eigenvalue weighted by Crippen LogP contribution is 2.35. The minimum Gasteiger partial charge on any atom is -0.339 e. The fourth-order valence-corrected chi connectivity index (χ4v) is 2.23. The van der Waals surface area contributed by atoms with Crippen LogP contribution in [0.25, 0.3) is 0 Å². The molecule has 92 valence electrons. The van der Waals surface area contributed by atoms with E-state index in [0.717, 1.165) is 25.3 Å². The lowest BCUT2D eigenvalue weighted by Gasteiger charge is -2.24. The summed E-state index contributed by atoms with van der Waals surface area (Å²) in [5, 5.41) is 0. The minimum atomic E-state index is 0.0675. The molecular weight excluding hydrogens is 200 g/mol. The SMILES string of the molecule is CCCC(N)CC(=O)N(CC1CC1)C1CC1. The summed E-state index contributed by atoms with van der Waals surface area (Å²) >= 11 is 0. The quantitative estimate of drug-likeness (QED) is 0.718. The first-order valence-electron chi connectivity index (χ1n) is 6.75. The molecule has 0 aromatic carbocycles. The Morgan fingerprint density at radius 2 is 2.06 bits per heavy atom. The summed E-state index contributed by atoms with van der Waals surface area (Å²) in [5.41, 5.74) is 5.94. The summed E-state index contributed by atoms with van der Waals surface area (Å²) in [6, 6.07) is 0.625. The van der Waals surface area contributed by atoms with Gasteiger partial charge in [-0.25, -0.2) is 0 Å². The van der Waals surface area contributed by atoms with Crippen LogP contribution in [0.4, 0.5) is 0 Å². The lowest BCUT2D eigenvalue weighted by molar-refractivity contribution is -0.132. The van der Waals surface area contributed by atoms with E-state index in [1.165, 1.54) is 25.7 Å². The van der Waals surface area contributed by atoms with Gasteiger partial charge < -0.3 is 10.6 Å². The molecule has 2 aliphatic carbocycles. The fraction of sp³-hybridized carbons (Fsp3) is 0.923. The van der Waals surface area contributed by atoms with Crippen molar-refractivity contribution in [1.29, 1.82) is 0 Å². The number of nitrogens with two attached hydrogens (primary N) is 1. The van der Waals surface area contributed by atoms with Crippen molar-refractivity contribution in [2.45, 2.75) is 64.0 Å². The van der Waals surface area contributed by atoms with Crippen LogP contribution in [-0.2, 0) is 4.79 Å². The van der Waals surface area contributed by atoms with Crippen LogP contribution in [0.3, 0.4) is 0 Å². The normalized spacial score (nSPS) is 21.9. The van der Waals surface area contributed by atoms with E-state index in [1.807, 2.05) is 0 Å².